The summed E-state index contributed by atoms with van der Waals surface area (Å²) in [7, 11) is 0. The molecule has 0 atom stereocenters. The number of halogens is 1. The van der Waals surface area contributed by atoms with E-state index in [1.807, 2.05) is 59.2 Å². The highest BCUT2D eigenvalue weighted by Gasteiger charge is 2.20. The summed E-state index contributed by atoms with van der Waals surface area (Å²) < 4.78 is 2.04. The Morgan fingerprint density at radius 3 is 2.53 bits per heavy atom. The van der Waals surface area contributed by atoms with E-state index in [4.69, 9.17) is 11.6 Å². The minimum Gasteiger partial charge on any atom is -0.325 e. The van der Waals surface area contributed by atoms with Crippen LogP contribution < -0.4 is 5.32 Å². The number of nitrogens with zero attached hydrogens (tertiary/aromatic N) is 3. The zero-order valence-electron chi connectivity index (χ0n) is 19.5. The van der Waals surface area contributed by atoms with Crippen LogP contribution in [0.5, 0.6) is 0 Å². The molecular formula is C27H27ClN4OS. The number of aryl methyl sites for hydroxylation is 1. The largest absolute Gasteiger partial charge is 0.325 e. The summed E-state index contributed by atoms with van der Waals surface area (Å²) >= 11 is 7.48. The van der Waals surface area contributed by atoms with Crippen molar-refractivity contribution in [2.45, 2.75) is 38.3 Å². The number of rotatable bonds is 8. The van der Waals surface area contributed by atoms with Crippen molar-refractivity contribution < 1.29 is 4.79 Å². The topological polar surface area (TPSA) is 59.8 Å². The van der Waals surface area contributed by atoms with Gasteiger partial charge in [-0.15, -0.1) is 10.2 Å². The number of carbonyl (C=O) groups is 1. The third kappa shape index (κ3) is 5.51. The standard InChI is InChI=1S/C27H27ClN4OS/c1-4-19-8-7-9-22(16-19)29-25(33)17-34-27-31-30-26(20-12-14-21(28)15-13-20)32(27)24-11-6-5-10-23(24)18(2)3/h5-16,18H,4,17H2,1-3H3,(H,29,33). The molecule has 0 aliphatic heterocycles. The van der Waals surface area contributed by atoms with E-state index in [2.05, 4.69) is 54.5 Å². The predicted octanol–water partition coefficient (Wildman–Crippen LogP) is 7.00. The Morgan fingerprint density at radius 1 is 1.03 bits per heavy atom. The first-order chi connectivity index (χ1) is 16.5. The summed E-state index contributed by atoms with van der Waals surface area (Å²) in [5, 5.41) is 13.3. The van der Waals surface area contributed by atoms with Crippen molar-refractivity contribution in [2.75, 3.05) is 11.1 Å². The Labute approximate surface area is 209 Å². The Kier molecular flexibility index (Phi) is 7.70. The molecule has 0 bridgehead atoms. The molecule has 1 amide bonds. The van der Waals surface area contributed by atoms with Crippen LogP contribution in [0.4, 0.5) is 5.69 Å². The van der Waals surface area contributed by atoms with Crippen molar-refractivity contribution in [3.8, 4) is 17.1 Å². The molecule has 0 aliphatic carbocycles. The van der Waals surface area contributed by atoms with Gasteiger partial charge >= 0.3 is 0 Å². The van der Waals surface area contributed by atoms with Gasteiger partial charge in [-0.25, -0.2) is 0 Å². The zero-order chi connectivity index (χ0) is 24.1. The molecule has 1 N–H and O–H groups in total. The first kappa shape index (κ1) is 24.0. The van der Waals surface area contributed by atoms with Crippen LogP contribution in [0, 0.1) is 0 Å². The number of aromatic nitrogens is 3. The second-order valence-electron chi connectivity index (χ2n) is 8.25. The summed E-state index contributed by atoms with van der Waals surface area (Å²) in [6, 6.07) is 23.7. The molecule has 0 radical (unpaired) electrons. The Morgan fingerprint density at radius 2 is 1.79 bits per heavy atom. The smallest absolute Gasteiger partial charge is 0.234 e. The van der Waals surface area contributed by atoms with Gasteiger partial charge in [0.25, 0.3) is 0 Å². The maximum atomic E-state index is 12.7. The highest BCUT2D eigenvalue weighted by molar-refractivity contribution is 7.99. The minimum absolute atomic E-state index is 0.0852. The van der Waals surface area contributed by atoms with Crippen molar-refractivity contribution in [1.82, 2.24) is 14.8 Å². The van der Waals surface area contributed by atoms with Gasteiger partial charge in [-0.3, -0.25) is 9.36 Å². The van der Waals surface area contributed by atoms with Crippen LogP contribution in [0.3, 0.4) is 0 Å². The van der Waals surface area contributed by atoms with Gasteiger partial charge in [0.1, 0.15) is 0 Å². The van der Waals surface area contributed by atoms with Crippen LogP contribution in [0.2, 0.25) is 5.02 Å². The summed E-state index contributed by atoms with van der Waals surface area (Å²) in [5.74, 6) is 1.16. The van der Waals surface area contributed by atoms with Gasteiger partial charge < -0.3 is 5.32 Å². The predicted molar refractivity (Wildman–Crippen MR) is 141 cm³/mol. The van der Waals surface area contributed by atoms with Crippen LogP contribution in [0.1, 0.15) is 37.8 Å². The maximum absolute atomic E-state index is 12.7. The molecule has 0 unspecified atom stereocenters. The second kappa shape index (κ2) is 10.9. The minimum atomic E-state index is -0.0852. The number of nitrogens with one attached hydrogen (secondary N) is 1. The molecule has 7 heteroatoms. The molecule has 4 aromatic rings. The molecule has 34 heavy (non-hydrogen) atoms. The molecular weight excluding hydrogens is 464 g/mol. The number of hydrogen-bond donors (Lipinski definition) is 1. The van der Waals surface area contributed by atoms with E-state index in [1.54, 1.807) is 0 Å². The quantitative estimate of drug-likeness (QED) is 0.270. The van der Waals surface area contributed by atoms with Crippen molar-refractivity contribution in [3.63, 3.8) is 0 Å². The highest BCUT2D eigenvalue weighted by atomic mass is 35.5. The number of amides is 1. The lowest BCUT2D eigenvalue weighted by Crippen LogP contribution is -2.15. The fourth-order valence-electron chi connectivity index (χ4n) is 3.74. The molecule has 0 spiro atoms. The molecule has 174 valence electrons. The summed E-state index contributed by atoms with van der Waals surface area (Å²) in [4.78, 5) is 12.7. The zero-order valence-corrected chi connectivity index (χ0v) is 21.0. The number of anilines is 1. The molecule has 1 heterocycles. The monoisotopic (exact) mass is 490 g/mol. The van der Waals surface area contributed by atoms with Crippen molar-refractivity contribution in [2.24, 2.45) is 0 Å². The fraction of sp³-hybridized carbons (Fsp3) is 0.222. The Hall–Kier alpha value is -3.09. The molecule has 0 saturated carbocycles. The van der Waals surface area contributed by atoms with Gasteiger partial charge in [0.05, 0.1) is 11.4 Å². The first-order valence-electron chi connectivity index (χ1n) is 11.3. The lowest BCUT2D eigenvalue weighted by Gasteiger charge is -2.17. The normalized spacial score (nSPS) is 11.1. The van der Waals surface area contributed by atoms with Crippen molar-refractivity contribution >= 4 is 35.0 Å². The molecule has 5 nitrogen and oxygen atoms in total. The molecule has 0 aliphatic rings. The highest BCUT2D eigenvalue weighted by Crippen LogP contribution is 2.32. The number of hydrogen-bond acceptors (Lipinski definition) is 4. The van der Waals surface area contributed by atoms with E-state index >= 15 is 0 Å². The lowest BCUT2D eigenvalue weighted by molar-refractivity contribution is -0.113. The van der Waals surface area contributed by atoms with Crippen LogP contribution in [0.25, 0.3) is 17.1 Å². The van der Waals surface area contributed by atoms with Crippen molar-refractivity contribution in [3.05, 3.63) is 88.9 Å². The fourth-order valence-corrected chi connectivity index (χ4v) is 4.61. The van der Waals surface area contributed by atoms with Crippen LogP contribution in [0.15, 0.2) is 78.0 Å². The van der Waals surface area contributed by atoms with E-state index in [9.17, 15) is 4.79 Å². The molecule has 0 saturated heterocycles. The van der Waals surface area contributed by atoms with Gasteiger partial charge in [-0.05, 0) is 65.9 Å². The van der Waals surface area contributed by atoms with Gasteiger partial charge in [0.2, 0.25) is 5.91 Å². The third-order valence-electron chi connectivity index (χ3n) is 5.49. The number of thioether (sulfide) groups is 1. The van der Waals surface area contributed by atoms with Gasteiger partial charge in [0, 0.05) is 16.3 Å². The van der Waals surface area contributed by atoms with Gasteiger partial charge in [-0.1, -0.05) is 74.5 Å². The lowest BCUT2D eigenvalue weighted by atomic mass is 10.0. The summed E-state index contributed by atoms with van der Waals surface area (Å²) in [5.41, 5.74) is 5.08. The van der Waals surface area contributed by atoms with E-state index in [-0.39, 0.29) is 11.7 Å². The van der Waals surface area contributed by atoms with E-state index < -0.39 is 0 Å². The second-order valence-corrected chi connectivity index (χ2v) is 9.63. The first-order valence-corrected chi connectivity index (χ1v) is 12.6. The third-order valence-corrected chi connectivity index (χ3v) is 6.67. The average molecular weight is 491 g/mol. The molecule has 1 aromatic heterocycles. The van der Waals surface area contributed by atoms with Gasteiger partial charge in [0.15, 0.2) is 11.0 Å². The van der Waals surface area contributed by atoms with Gasteiger partial charge in [-0.2, -0.15) is 0 Å². The number of benzene rings is 3. The Balaban J connectivity index is 1.65. The number of carbonyl (C=O) groups excluding carboxylic acids is 1. The van der Waals surface area contributed by atoms with Crippen molar-refractivity contribution in [1.29, 1.82) is 0 Å². The van der Waals surface area contributed by atoms with E-state index in [0.717, 1.165) is 23.4 Å². The number of para-hydroxylation sites is 1. The van der Waals surface area contributed by atoms with Crippen LogP contribution in [-0.4, -0.2) is 26.4 Å². The van der Waals surface area contributed by atoms with Crippen LogP contribution in [-0.2, 0) is 11.2 Å². The van der Waals surface area contributed by atoms with E-state index in [1.165, 1.54) is 22.9 Å². The summed E-state index contributed by atoms with van der Waals surface area (Å²) in [6.07, 6.45) is 0.921. The van der Waals surface area contributed by atoms with Crippen LogP contribution >= 0.6 is 23.4 Å². The van der Waals surface area contributed by atoms with E-state index in [0.29, 0.717) is 21.9 Å². The maximum Gasteiger partial charge on any atom is 0.234 e. The molecule has 0 fully saturated rings. The molecule has 4 rings (SSSR count). The average Bonchev–Trinajstić information content (AvgIpc) is 3.27. The Bertz CT molecular complexity index is 1280. The SMILES string of the molecule is CCc1cccc(NC(=O)CSc2nnc(-c3ccc(Cl)cc3)n2-c2ccccc2C(C)C)c1. The molecule has 3 aromatic carbocycles. The summed E-state index contributed by atoms with van der Waals surface area (Å²) in [6.45, 7) is 6.42.